The zero-order valence-corrected chi connectivity index (χ0v) is 9.90. The molecule has 2 bridgehead atoms. The van der Waals surface area contributed by atoms with Crippen LogP contribution in [0.3, 0.4) is 0 Å². The van der Waals surface area contributed by atoms with Crippen LogP contribution in [-0.2, 0) is 10.2 Å². The van der Waals surface area contributed by atoms with Gasteiger partial charge in [0.15, 0.2) is 0 Å². The first-order chi connectivity index (χ1) is 8.18. The van der Waals surface area contributed by atoms with Crippen LogP contribution < -0.4 is 5.32 Å². The average molecular weight is 236 g/mol. The van der Waals surface area contributed by atoms with E-state index in [0.717, 1.165) is 25.9 Å². The lowest BCUT2D eigenvalue weighted by Crippen LogP contribution is -2.37. The van der Waals surface area contributed by atoms with Gasteiger partial charge in [0.1, 0.15) is 0 Å². The Morgan fingerprint density at radius 2 is 2.35 bits per heavy atom. The normalized spacial score (nSPS) is 31.5. The summed E-state index contributed by atoms with van der Waals surface area (Å²) in [5, 5.41) is 6.36. The van der Waals surface area contributed by atoms with Crippen LogP contribution in [0.25, 0.3) is 0 Å². The lowest BCUT2D eigenvalue weighted by Gasteiger charge is -2.30. The summed E-state index contributed by atoms with van der Waals surface area (Å²) in [5.41, 5.74) is 0.0297. The van der Waals surface area contributed by atoms with E-state index in [1.54, 1.807) is 0 Å². The summed E-state index contributed by atoms with van der Waals surface area (Å²) in [7, 11) is 0. The standard InChI is InChI=1S/C11H16N4O2/c1-8(16)12-10-13-9(17-14-10)11-3-2-5-15(7-11)6-4-11/h2-7H2,1H3,(H,12,14,16). The Morgan fingerprint density at radius 3 is 3.18 bits per heavy atom. The summed E-state index contributed by atoms with van der Waals surface area (Å²) >= 11 is 0. The van der Waals surface area contributed by atoms with Gasteiger partial charge >= 0.3 is 0 Å². The maximum absolute atomic E-state index is 10.9. The fraction of sp³-hybridized carbons (Fsp3) is 0.727. The number of fused-ring (bicyclic) bond motifs is 2. The third-order valence-corrected chi connectivity index (χ3v) is 3.73. The van der Waals surface area contributed by atoms with Gasteiger partial charge in [0.25, 0.3) is 5.95 Å². The SMILES string of the molecule is CC(=O)Nc1noc(C23CCCN(CC2)C3)n1. The Labute approximate surface area is 99.4 Å². The summed E-state index contributed by atoms with van der Waals surface area (Å²) in [6.07, 6.45) is 3.36. The number of rotatable bonds is 2. The van der Waals surface area contributed by atoms with Gasteiger partial charge in [0.05, 0.1) is 5.41 Å². The minimum absolute atomic E-state index is 0.0297. The van der Waals surface area contributed by atoms with Gasteiger partial charge in [-0.15, -0.1) is 0 Å². The van der Waals surface area contributed by atoms with Crippen molar-refractivity contribution in [2.45, 2.75) is 31.6 Å². The maximum atomic E-state index is 10.9. The molecule has 0 aliphatic carbocycles. The molecule has 6 nitrogen and oxygen atoms in total. The number of nitrogens with zero attached hydrogens (tertiary/aromatic N) is 3. The molecule has 1 aromatic rings. The molecule has 2 aliphatic rings. The highest BCUT2D eigenvalue weighted by Crippen LogP contribution is 2.41. The van der Waals surface area contributed by atoms with E-state index in [-0.39, 0.29) is 17.3 Å². The number of nitrogens with one attached hydrogen (secondary N) is 1. The van der Waals surface area contributed by atoms with Gasteiger partial charge in [-0.1, -0.05) is 0 Å². The number of aromatic nitrogens is 2. The van der Waals surface area contributed by atoms with E-state index in [0.29, 0.717) is 5.89 Å². The molecule has 1 aromatic heterocycles. The predicted octanol–water partition coefficient (Wildman–Crippen LogP) is 0.765. The highest BCUT2D eigenvalue weighted by Gasteiger charge is 2.46. The Balaban J connectivity index is 1.83. The fourth-order valence-corrected chi connectivity index (χ4v) is 2.92. The van der Waals surface area contributed by atoms with Gasteiger partial charge in [-0.05, 0) is 37.5 Å². The summed E-state index contributed by atoms with van der Waals surface area (Å²) in [4.78, 5) is 17.7. The highest BCUT2D eigenvalue weighted by molar-refractivity contribution is 5.86. The zero-order valence-electron chi connectivity index (χ0n) is 9.90. The number of piperidine rings is 1. The molecule has 0 saturated carbocycles. The predicted molar refractivity (Wildman–Crippen MR) is 60.6 cm³/mol. The number of carbonyl (C=O) groups is 1. The molecule has 3 heterocycles. The summed E-state index contributed by atoms with van der Waals surface area (Å²) in [6, 6.07) is 0. The number of amides is 1. The Kier molecular flexibility index (Phi) is 2.39. The van der Waals surface area contributed by atoms with Gasteiger partial charge in [0, 0.05) is 13.5 Å². The molecule has 2 aliphatic heterocycles. The first kappa shape index (κ1) is 10.7. The molecule has 2 saturated heterocycles. The third-order valence-electron chi connectivity index (χ3n) is 3.73. The van der Waals surface area contributed by atoms with Crippen LogP contribution in [0.5, 0.6) is 0 Å². The number of hydrogen-bond donors (Lipinski definition) is 1. The van der Waals surface area contributed by atoms with Crippen molar-refractivity contribution in [2.75, 3.05) is 25.0 Å². The molecule has 3 rings (SSSR count). The molecule has 92 valence electrons. The van der Waals surface area contributed by atoms with E-state index in [9.17, 15) is 4.79 Å². The zero-order chi connectivity index (χ0) is 11.9. The fourth-order valence-electron chi connectivity index (χ4n) is 2.92. The van der Waals surface area contributed by atoms with Crippen molar-refractivity contribution in [3.05, 3.63) is 5.89 Å². The molecule has 0 aromatic carbocycles. The van der Waals surface area contributed by atoms with Crippen molar-refractivity contribution in [3.8, 4) is 0 Å². The largest absolute Gasteiger partial charge is 0.337 e. The lowest BCUT2D eigenvalue weighted by atomic mass is 9.81. The quantitative estimate of drug-likeness (QED) is 0.821. The van der Waals surface area contributed by atoms with Gasteiger partial charge in [0.2, 0.25) is 11.8 Å². The molecule has 2 atom stereocenters. The van der Waals surface area contributed by atoms with Crippen LogP contribution in [-0.4, -0.2) is 40.6 Å². The van der Waals surface area contributed by atoms with Crippen molar-refractivity contribution in [2.24, 2.45) is 0 Å². The first-order valence-electron chi connectivity index (χ1n) is 6.02. The van der Waals surface area contributed by atoms with Gasteiger partial charge in [-0.25, -0.2) is 0 Å². The Bertz CT molecular complexity index is 440. The summed E-state index contributed by atoms with van der Waals surface area (Å²) in [5.74, 6) is 0.792. The Morgan fingerprint density at radius 1 is 1.47 bits per heavy atom. The topological polar surface area (TPSA) is 71.3 Å². The van der Waals surface area contributed by atoms with E-state index in [1.165, 1.54) is 19.9 Å². The highest BCUT2D eigenvalue weighted by atomic mass is 16.5. The van der Waals surface area contributed by atoms with E-state index in [2.05, 4.69) is 20.4 Å². The third kappa shape index (κ3) is 1.82. The molecule has 6 heteroatoms. The number of anilines is 1. The summed E-state index contributed by atoms with van der Waals surface area (Å²) < 4.78 is 5.32. The van der Waals surface area contributed by atoms with Crippen LogP contribution in [0.15, 0.2) is 4.52 Å². The van der Waals surface area contributed by atoms with Crippen LogP contribution in [0, 0.1) is 0 Å². The van der Waals surface area contributed by atoms with Gasteiger partial charge in [-0.2, -0.15) is 4.98 Å². The van der Waals surface area contributed by atoms with Crippen molar-refractivity contribution in [3.63, 3.8) is 0 Å². The second-order valence-corrected chi connectivity index (χ2v) is 5.01. The summed E-state index contributed by atoms with van der Waals surface area (Å²) in [6.45, 7) is 4.73. The van der Waals surface area contributed by atoms with E-state index in [1.807, 2.05) is 0 Å². The lowest BCUT2D eigenvalue weighted by molar-refractivity contribution is -0.114. The molecule has 2 unspecified atom stereocenters. The van der Waals surface area contributed by atoms with Crippen LogP contribution >= 0.6 is 0 Å². The van der Waals surface area contributed by atoms with Crippen LogP contribution in [0.1, 0.15) is 32.1 Å². The molecular weight excluding hydrogens is 220 g/mol. The van der Waals surface area contributed by atoms with Crippen molar-refractivity contribution in [1.29, 1.82) is 0 Å². The van der Waals surface area contributed by atoms with Gasteiger partial charge < -0.3 is 9.42 Å². The van der Waals surface area contributed by atoms with E-state index >= 15 is 0 Å². The molecule has 17 heavy (non-hydrogen) atoms. The number of carbonyl (C=O) groups excluding carboxylic acids is 1. The molecule has 1 N–H and O–H groups in total. The minimum Gasteiger partial charge on any atom is -0.337 e. The maximum Gasteiger partial charge on any atom is 0.270 e. The molecule has 0 radical (unpaired) electrons. The van der Waals surface area contributed by atoms with Crippen molar-refractivity contribution < 1.29 is 9.32 Å². The Hall–Kier alpha value is -1.43. The second-order valence-electron chi connectivity index (χ2n) is 5.01. The molecule has 0 spiro atoms. The van der Waals surface area contributed by atoms with Crippen molar-refractivity contribution >= 4 is 11.9 Å². The van der Waals surface area contributed by atoms with Crippen LogP contribution in [0.2, 0.25) is 0 Å². The molecular formula is C11H16N4O2. The first-order valence-corrected chi connectivity index (χ1v) is 6.02. The van der Waals surface area contributed by atoms with Crippen molar-refractivity contribution in [1.82, 2.24) is 15.0 Å². The number of hydrogen-bond acceptors (Lipinski definition) is 5. The van der Waals surface area contributed by atoms with E-state index < -0.39 is 0 Å². The smallest absolute Gasteiger partial charge is 0.270 e. The van der Waals surface area contributed by atoms with Crippen LogP contribution in [0.4, 0.5) is 5.95 Å². The molecule has 1 amide bonds. The second kappa shape index (κ2) is 3.80. The average Bonchev–Trinajstić information content (AvgIpc) is 2.85. The van der Waals surface area contributed by atoms with Gasteiger partial charge in [-0.3, -0.25) is 10.1 Å². The van der Waals surface area contributed by atoms with E-state index in [4.69, 9.17) is 4.52 Å². The molecule has 2 fully saturated rings. The monoisotopic (exact) mass is 236 g/mol. The minimum atomic E-state index is -0.174.